The van der Waals surface area contributed by atoms with Gasteiger partial charge in [0.2, 0.25) is 5.91 Å². The van der Waals surface area contributed by atoms with Gasteiger partial charge in [-0.25, -0.2) is 0 Å². The van der Waals surface area contributed by atoms with Crippen molar-refractivity contribution in [3.8, 4) is 0 Å². The Morgan fingerprint density at radius 3 is 2.50 bits per heavy atom. The van der Waals surface area contributed by atoms with Gasteiger partial charge in [0.05, 0.1) is 12.3 Å². The summed E-state index contributed by atoms with van der Waals surface area (Å²) < 4.78 is 0. The minimum atomic E-state index is -0.791. The number of amides is 1. The van der Waals surface area contributed by atoms with Crippen molar-refractivity contribution in [2.75, 3.05) is 0 Å². The summed E-state index contributed by atoms with van der Waals surface area (Å²) in [6, 6.07) is 7.69. The largest absolute Gasteiger partial charge is 0.481 e. The van der Waals surface area contributed by atoms with Gasteiger partial charge in [-0.05, 0) is 30.4 Å². The predicted octanol–water partition coefficient (Wildman–Crippen LogP) is 2.94. The van der Waals surface area contributed by atoms with Crippen LogP contribution in [0.25, 0.3) is 0 Å². The highest BCUT2D eigenvalue weighted by Gasteiger charge is 2.30. The van der Waals surface area contributed by atoms with Crippen LogP contribution in [0.4, 0.5) is 0 Å². The normalized spacial score (nSPS) is 21.9. The zero-order chi connectivity index (χ0) is 15.9. The quantitative estimate of drug-likeness (QED) is 0.822. The molecule has 0 unspecified atom stereocenters. The van der Waals surface area contributed by atoms with Crippen LogP contribution in [-0.2, 0) is 22.4 Å². The van der Waals surface area contributed by atoms with Crippen molar-refractivity contribution < 1.29 is 14.7 Å². The van der Waals surface area contributed by atoms with Crippen LogP contribution in [0.1, 0.15) is 50.2 Å². The molecule has 1 aliphatic rings. The van der Waals surface area contributed by atoms with Crippen LogP contribution in [0.5, 0.6) is 0 Å². The highest BCUT2D eigenvalue weighted by Crippen LogP contribution is 2.24. The van der Waals surface area contributed by atoms with E-state index in [0.29, 0.717) is 12.8 Å². The van der Waals surface area contributed by atoms with Crippen LogP contribution >= 0.6 is 0 Å². The SMILES string of the molecule is CCc1ccccc1CC(=O)N[C@H]1CCCCC[C@H]1C(=O)O. The Morgan fingerprint density at radius 2 is 1.82 bits per heavy atom. The van der Waals surface area contributed by atoms with Gasteiger partial charge in [-0.1, -0.05) is 50.5 Å². The fraction of sp³-hybridized carbons (Fsp3) is 0.556. The van der Waals surface area contributed by atoms with Gasteiger partial charge in [-0.2, -0.15) is 0 Å². The van der Waals surface area contributed by atoms with Gasteiger partial charge in [0.15, 0.2) is 0 Å². The van der Waals surface area contributed by atoms with Gasteiger partial charge < -0.3 is 10.4 Å². The van der Waals surface area contributed by atoms with E-state index in [4.69, 9.17) is 0 Å². The third-order valence-electron chi connectivity index (χ3n) is 4.53. The molecule has 2 rings (SSSR count). The van der Waals surface area contributed by atoms with Crippen LogP contribution in [0, 0.1) is 5.92 Å². The van der Waals surface area contributed by atoms with Crippen molar-refractivity contribution in [2.24, 2.45) is 5.92 Å². The number of carboxylic acids is 1. The van der Waals surface area contributed by atoms with Crippen LogP contribution < -0.4 is 5.32 Å². The Kier molecular flexibility index (Phi) is 5.99. The Morgan fingerprint density at radius 1 is 1.14 bits per heavy atom. The van der Waals surface area contributed by atoms with E-state index >= 15 is 0 Å². The van der Waals surface area contributed by atoms with Gasteiger partial charge >= 0.3 is 5.97 Å². The first kappa shape index (κ1) is 16.5. The topological polar surface area (TPSA) is 66.4 Å². The number of nitrogens with one attached hydrogen (secondary N) is 1. The van der Waals surface area contributed by atoms with E-state index in [1.54, 1.807) is 0 Å². The molecule has 0 saturated heterocycles. The average Bonchev–Trinajstić information content (AvgIpc) is 2.73. The zero-order valence-corrected chi connectivity index (χ0v) is 13.2. The van der Waals surface area contributed by atoms with Crippen LogP contribution in [-0.4, -0.2) is 23.0 Å². The number of carbonyl (C=O) groups excluding carboxylic acids is 1. The molecule has 0 radical (unpaired) electrons. The number of aliphatic carboxylic acids is 1. The minimum Gasteiger partial charge on any atom is -0.481 e. The molecule has 0 heterocycles. The first-order valence-corrected chi connectivity index (χ1v) is 8.20. The molecule has 1 amide bonds. The molecule has 2 N–H and O–H groups in total. The van der Waals surface area contributed by atoms with Crippen LogP contribution in [0.15, 0.2) is 24.3 Å². The highest BCUT2D eigenvalue weighted by molar-refractivity contribution is 5.80. The fourth-order valence-electron chi connectivity index (χ4n) is 3.28. The van der Waals surface area contributed by atoms with Crippen molar-refractivity contribution in [2.45, 2.75) is 57.9 Å². The van der Waals surface area contributed by atoms with Crippen molar-refractivity contribution >= 4 is 11.9 Å². The van der Waals surface area contributed by atoms with Gasteiger partial charge in [0.25, 0.3) is 0 Å². The lowest BCUT2D eigenvalue weighted by Crippen LogP contribution is -2.43. The molecule has 120 valence electrons. The van der Waals surface area contributed by atoms with Crippen LogP contribution in [0.3, 0.4) is 0 Å². The van der Waals surface area contributed by atoms with Gasteiger partial charge in [-0.3, -0.25) is 9.59 Å². The predicted molar refractivity (Wildman–Crippen MR) is 85.7 cm³/mol. The highest BCUT2D eigenvalue weighted by atomic mass is 16.4. The first-order valence-electron chi connectivity index (χ1n) is 8.20. The minimum absolute atomic E-state index is 0.0703. The molecule has 1 aromatic rings. The summed E-state index contributed by atoms with van der Waals surface area (Å²) >= 11 is 0. The third-order valence-corrected chi connectivity index (χ3v) is 4.53. The molecule has 4 nitrogen and oxygen atoms in total. The third kappa shape index (κ3) is 4.33. The van der Waals surface area contributed by atoms with E-state index in [1.807, 2.05) is 24.3 Å². The molecule has 4 heteroatoms. The second-order valence-electron chi connectivity index (χ2n) is 6.06. The Labute approximate surface area is 131 Å². The van der Waals surface area contributed by atoms with Crippen molar-refractivity contribution in [1.82, 2.24) is 5.32 Å². The molecule has 0 aromatic heterocycles. The monoisotopic (exact) mass is 303 g/mol. The Balaban J connectivity index is 2.01. The van der Waals surface area contributed by atoms with Crippen molar-refractivity contribution in [3.05, 3.63) is 35.4 Å². The Bertz CT molecular complexity index is 527. The lowest BCUT2D eigenvalue weighted by molar-refractivity contribution is -0.143. The standard InChI is InChI=1S/C18H25NO3/c1-2-13-8-6-7-9-14(13)12-17(20)19-16-11-5-3-4-10-15(16)18(21)22/h6-9,15-16H,2-5,10-12H2,1H3,(H,19,20)(H,21,22)/t15-,16+/m1/s1. The summed E-state index contributed by atoms with van der Waals surface area (Å²) in [5.74, 6) is -1.31. The molecule has 1 aliphatic carbocycles. The lowest BCUT2D eigenvalue weighted by Gasteiger charge is -2.23. The van der Waals surface area contributed by atoms with Crippen LogP contribution in [0.2, 0.25) is 0 Å². The van der Waals surface area contributed by atoms with E-state index in [-0.39, 0.29) is 11.9 Å². The summed E-state index contributed by atoms with van der Waals surface area (Å²) in [6.07, 6.45) is 5.61. The molecule has 0 aliphatic heterocycles. The molecule has 0 spiro atoms. The van der Waals surface area contributed by atoms with E-state index in [2.05, 4.69) is 12.2 Å². The maximum Gasteiger partial charge on any atom is 0.308 e. The molecule has 22 heavy (non-hydrogen) atoms. The van der Waals surface area contributed by atoms with E-state index < -0.39 is 11.9 Å². The van der Waals surface area contributed by atoms with E-state index in [1.165, 1.54) is 5.56 Å². The number of hydrogen-bond acceptors (Lipinski definition) is 2. The molecule has 2 atom stereocenters. The van der Waals surface area contributed by atoms with Gasteiger partial charge in [0, 0.05) is 6.04 Å². The number of hydrogen-bond donors (Lipinski definition) is 2. The summed E-state index contributed by atoms with van der Waals surface area (Å²) in [7, 11) is 0. The summed E-state index contributed by atoms with van der Waals surface area (Å²) in [5.41, 5.74) is 2.20. The summed E-state index contributed by atoms with van der Waals surface area (Å²) in [5, 5.41) is 12.3. The molecular formula is C18H25NO3. The second-order valence-corrected chi connectivity index (χ2v) is 6.06. The number of carbonyl (C=O) groups is 2. The smallest absolute Gasteiger partial charge is 0.308 e. The molecule has 0 bridgehead atoms. The zero-order valence-electron chi connectivity index (χ0n) is 13.2. The van der Waals surface area contributed by atoms with Gasteiger partial charge in [-0.15, -0.1) is 0 Å². The second kappa shape index (κ2) is 7.97. The maximum atomic E-state index is 12.3. The van der Waals surface area contributed by atoms with E-state index in [0.717, 1.165) is 37.7 Å². The number of carboxylic acid groups (broad SMARTS) is 1. The van der Waals surface area contributed by atoms with E-state index in [9.17, 15) is 14.7 Å². The Hall–Kier alpha value is -1.84. The number of benzene rings is 1. The first-order chi connectivity index (χ1) is 10.6. The molecular weight excluding hydrogens is 278 g/mol. The lowest BCUT2D eigenvalue weighted by atomic mass is 9.94. The molecule has 1 fully saturated rings. The van der Waals surface area contributed by atoms with Crippen molar-refractivity contribution in [1.29, 1.82) is 0 Å². The summed E-state index contributed by atoms with van der Waals surface area (Å²) in [6.45, 7) is 2.07. The number of aryl methyl sites for hydroxylation is 1. The van der Waals surface area contributed by atoms with Crippen molar-refractivity contribution in [3.63, 3.8) is 0 Å². The summed E-state index contributed by atoms with van der Waals surface area (Å²) in [4.78, 5) is 23.7. The average molecular weight is 303 g/mol. The van der Waals surface area contributed by atoms with Gasteiger partial charge in [0.1, 0.15) is 0 Å². The molecule has 1 saturated carbocycles. The molecule has 1 aromatic carbocycles. The fourth-order valence-corrected chi connectivity index (χ4v) is 3.28. The number of rotatable bonds is 5. The maximum absolute atomic E-state index is 12.3.